The van der Waals surface area contributed by atoms with Gasteiger partial charge in [-0.15, -0.1) is 0 Å². The molecule has 1 saturated carbocycles. The monoisotopic (exact) mass is 392 g/mol. The molecular formula is C28H40O. The first kappa shape index (κ1) is 21.9. The summed E-state index contributed by atoms with van der Waals surface area (Å²) in [6.45, 7) is 7.75. The molecule has 2 aromatic carbocycles. The molecule has 1 nitrogen and oxygen atoms in total. The van der Waals surface area contributed by atoms with Gasteiger partial charge >= 0.3 is 0 Å². The van der Waals surface area contributed by atoms with Gasteiger partial charge in [0, 0.05) is 0 Å². The van der Waals surface area contributed by atoms with Crippen LogP contribution in [0.2, 0.25) is 0 Å². The van der Waals surface area contributed by atoms with Crippen LogP contribution >= 0.6 is 0 Å². The molecule has 158 valence electrons. The molecule has 0 spiro atoms. The Morgan fingerprint density at radius 2 is 1.59 bits per heavy atom. The average molecular weight is 393 g/mol. The lowest BCUT2D eigenvalue weighted by Gasteiger charge is -2.22. The summed E-state index contributed by atoms with van der Waals surface area (Å²) in [6.07, 6.45) is 11.6. The molecule has 2 unspecified atom stereocenters. The summed E-state index contributed by atoms with van der Waals surface area (Å²) < 4.78 is 6.00. The highest BCUT2D eigenvalue weighted by Gasteiger charge is 2.15. The Balaban J connectivity index is 1.35. The Morgan fingerprint density at radius 3 is 2.24 bits per heavy atom. The lowest BCUT2D eigenvalue weighted by molar-refractivity contribution is 0.294. The van der Waals surface area contributed by atoms with Crippen LogP contribution in [-0.4, -0.2) is 6.61 Å². The highest BCUT2D eigenvalue weighted by Crippen LogP contribution is 2.33. The number of hydrogen-bond acceptors (Lipinski definition) is 1. The van der Waals surface area contributed by atoms with Crippen LogP contribution in [0, 0.1) is 5.92 Å². The van der Waals surface area contributed by atoms with Crippen molar-refractivity contribution < 1.29 is 4.74 Å². The summed E-state index contributed by atoms with van der Waals surface area (Å²) in [5.41, 5.74) is 4.43. The summed E-state index contributed by atoms with van der Waals surface area (Å²) in [6, 6.07) is 18.2. The van der Waals surface area contributed by atoms with Gasteiger partial charge in [-0.1, -0.05) is 76.4 Å². The van der Waals surface area contributed by atoms with E-state index in [0.29, 0.717) is 11.8 Å². The Kier molecular flexibility index (Phi) is 8.65. The lowest BCUT2D eigenvalue weighted by Crippen LogP contribution is -2.05. The maximum Gasteiger partial charge on any atom is 0.119 e. The fourth-order valence-electron chi connectivity index (χ4n) is 4.62. The van der Waals surface area contributed by atoms with Crippen molar-refractivity contribution in [3.63, 3.8) is 0 Å². The smallest absolute Gasteiger partial charge is 0.119 e. The molecule has 1 fully saturated rings. The van der Waals surface area contributed by atoms with Crippen LogP contribution < -0.4 is 4.74 Å². The van der Waals surface area contributed by atoms with Crippen molar-refractivity contribution in [1.29, 1.82) is 0 Å². The van der Waals surface area contributed by atoms with Gasteiger partial charge in [-0.2, -0.15) is 0 Å². The molecule has 0 aromatic heterocycles. The Morgan fingerprint density at radius 1 is 0.897 bits per heavy atom. The first-order chi connectivity index (χ1) is 14.2. The Labute approximate surface area is 178 Å². The molecule has 3 rings (SSSR count). The molecule has 1 aliphatic carbocycles. The zero-order valence-electron chi connectivity index (χ0n) is 18.8. The predicted molar refractivity (Wildman–Crippen MR) is 125 cm³/mol. The van der Waals surface area contributed by atoms with Crippen LogP contribution in [0.15, 0.2) is 48.5 Å². The standard InChI is InChI=1S/C28H40O/c1-4-23(3)25-14-12-24(13-15-25)21-22(2)9-8-20-29-28-18-16-27(17-19-28)26-10-6-5-7-11-26/h12-19,22-23,26H,4-11,20-21H2,1-3H3. The summed E-state index contributed by atoms with van der Waals surface area (Å²) >= 11 is 0. The second kappa shape index (κ2) is 11.4. The molecule has 0 amide bonds. The molecule has 2 aromatic rings. The van der Waals surface area contributed by atoms with Gasteiger partial charge in [0.25, 0.3) is 0 Å². The molecule has 2 atom stereocenters. The maximum absolute atomic E-state index is 6.00. The van der Waals surface area contributed by atoms with E-state index in [4.69, 9.17) is 4.74 Å². The highest BCUT2D eigenvalue weighted by molar-refractivity contribution is 5.29. The molecule has 0 heterocycles. The van der Waals surface area contributed by atoms with Gasteiger partial charge in [0.05, 0.1) is 6.61 Å². The Hall–Kier alpha value is -1.76. The maximum atomic E-state index is 6.00. The van der Waals surface area contributed by atoms with Gasteiger partial charge in [-0.3, -0.25) is 0 Å². The minimum atomic E-state index is 0.662. The minimum absolute atomic E-state index is 0.662. The van der Waals surface area contributed by atoms with Gasteiger partial charge in [0.15, 0.2) is 0 Å². The first-order valence-corrected chi connectivity index (χ1v) is 12.0. The van der Waals surface area contributed by atoms with Gasteiger partial charge in [0.2, 0.25) is 0 Å². The number of rotatable bonds is 10. The molecule has 0 bridgehead atoms. The normalized spacial score (nSPS) is 17.1. The summed E-state index contributed by atoms with van der Waals surface area (Å²) in [5, 5.41) is 0. The second-order valence-corrected chi connectivity index (χ2v) is 9.25. The van der Waals surface area contributed by atoms with E-state index < -0.39 is 0 Å². The fraction of sp³-hybridized carbons (Fsp3) is 0.571. The second-order valence-electron chi connectivity index (χ2n) is 9.25. The third-order valence-corrected chi connectivity index (χ3v) is 6.81. The van der Waals surface area contributed by atoms with Gasteiger partial charge in [-0.05, 0) is 85.1 Å². The quantitative estimate of drug-likeness (QED) is 0.369. The van der Waals surface area contributed by atoms with Crippen LogP contribution in [0.1, 0.15) is 101 Å². The van der Waals surface area contributed by atoms with E-state index in [1.165, 1.54) is 61.6 Å². The van der Waals surface area contributed by atoms with Crippen molar-refractivity contribution in [2.75, 3.05) is 6.61 Å². The summed E-state index contributed by atoms with van der Waals surface area (Å²) in [5.74, 6) is 3.16. The number of hydrogen-bond donors (Lipinski definition) is 0. The lowest BCUT2D eigenvalue weighted by atomic mass is 9.84. The topological polar surface area (TPSA) is 9.23 Å². The van der Waals surface area contributed by atoms with Crippen molar-refractivity contribution in [2.24, 2.45) is 5.92 Å². The zero-order chi connectivity index (χ0) is 20.5. The van der Waals surface area contributed by atoms with Crippen molar-refractivity contribution in [2.45, 2.75) is 90.4 Å². The Bertz CT molecular complexity index is 694. The van der Waals surface area contributed by atoms with Crippen LogP contribution in [0.25, 0.3) is 0 Å². The average Bonchev–Trinajstić information content (AvgIpc) is 2.78. The fourth-order valence-corrected chi connectivity index (χ4v) is 4.62. The van der Waals surface area contributed by atoms with E-state index >= 15 is 0 Å². The minimum Gasteiger partial charge on any atom is -0.494 e. The summed E-state index contributed by atoms with van der Waals surface area (Å²) in [4.78, 5) is 0. The number of ether oxygens (including phenoxy) is 1. The molecule has 0 aliphatic heterocycles. The highest BCUT2D eigenvalue weighted by atomic mass is 16.5. The van der Waals surface area contributed by atoms with E-state index in [0.717, 1.165) is 31.1 Å². The van der Waals surface area contributed by atoms with Gasteiger partial charge in [0.1, 0.15) is 5.75 Å². The van der Waals surface area contributed by atoms with Crippen LogP contribution in [-0.2, 0) is 6.42 Å². The van der Waals surface area contributed by atoms with E-state index in [1.54, 1.807) is 0 Å². The van der Waals surface area contributed by atoms with Crippen LogP contribution in [0.5, 0.6) is 5.75 Å². The van der Waals surface area contributed by atoms with Crippen molar-refractivity contribution >= 4 is 0 Å². The zero-order valence-corrected chi connectivity index (χ0v) is 18.8. The van der Waals surface area contributed by atoms with Gasteiger partial charge in [-0.25, -0.2) is 0 Å². The van der Waals surface area contributed by atoms with Crippen LogP contribution in [0.4, 0.5) is 0 Å². The van der Waals surface area contributed by atoms with E-state index in [2.05, 4.69) is 69.3 Å². The molecular weight excluding hydrogens is 352 g/mol. The molecule has 0 radical (unpaired) electrons. The molecule has 1 aliphatic rings. The summed E-state index contributed by atoms with van der Waals surface area (Å²) in [7, 11) is 0. The van der Waals surface area contributed by atoms with Crippen LogP contribution in [0.3, 0.4) is 0 Å². The molecule has 0 saturated heterocycles. The largest absolute Gasteiger partial charge is 0.494 e. The van der Waals surface area contributed by atoms with Crippen molar-refractivity contribution in [3.8, 4) is 5.75 Å². The SMILES string of the molecule is CCC(C)c1ccc(CC(C)CCCOc2ccc(C3CCCCC3)cc2)cc1. The van der Waals surface area contributed by atoms with E-state index in [1.807, 2.05) is 0 Å². The number of benzene rings is 2. The van der Waals surface area contributed by atoms with Crippen molar-refractivity contribution in [3.05, 3.63) is 65.2 Å². The molecule has 29 heavy (non-hydrogen) atoms. The van der Waals surface area contributed by atoms with Crippen molar-refractivity contribution in [1.82, 2.24) is 0 Å². The van der Waals surface area contributed by atoms with E-state index in [-0.39, 0.29) is 0 Å². The molecule has 1 heteroatoms. The van der Waals surface area contributed by atoms with Gasteiger partial charge < -0.3 is 4.74 Å². The third kappa shape index (κ3) is 6.91. The molecule has 0 N–H and O–H groups in total. The third-order valence-electron chi connectivity index (χ3n) is 6.81. The predicted octanol–water partition coefficient (Wildman–Crippen LogP) is 8.29. The first-order valence-electron chi connectivity index (χ1n) is 12.0. The van der Waals surface area contributed by atoms with E-state index in [9.17, 15) is 0 Å².